The Bertz CT molecular complexity index is 540. The normalized spacial score (nSPS) is 28.7. The van der Waals surface area contributed by atoms with Gasteiger partial charge in [0.25, 0.3) is 0 Å². The third-order valence-electron chi connectivity index (χ3n) is 4.57. The van der Waals surface area contributed by atoms with Gasteiger partial charge in [-0.1, -0.05) is 18.2 Å². The third kappa shape index (κ3) is 2.99. The first-order chi connectivity index (χ1) is 10.7. The summed E-state index contributed by atoms with van der Waals surface area (Å²) in [6.45, 7) is 3.72. The largest absolute Gasteiger partial charge is 0.344 e. The molecule has 2 saturated heterocycles. The number of amides is 2. The van der Waals surface area contributed by atoms with Crippen LogP contribution in [-0.2, 0) is 9.59 Å². The van der Waals surface area contributed by atoms with Gasteiger partial charge in [-0.15, -0.1) is 0 Å². The van der Waals surface area contributed by atoms with Crippen molar-refractivity contribution < 1.29 is 9.59 Å². The van der Waals surface area contributed by atoms with Gasteiger partial charge in [-0.3, -0.25) is 9.59 Å². The summed E-state index contributed by atoms with van der Waals surface area (Å²) in [6, 6.07) is 9.36. The van der Waals surface area contributed by atoms with Crippen LogP contribution in [0.15, 0.2) is 30.3 Å². The number of rotatable bonds is 3. The monoisotopic (exact) mass is 301 g/mol. The SMILES string of the molecule is CC1CC(NC(=O)C2CCCNC2)C(=O)N1c1ccccc1. The van der Waals surface area contributed by atoms with Gasteiger partial charge in [-0.25, -0.2) is 0 Å². The van der Waals surface area contributed by atoms with E-state index in [1.807, 2.05) is 37.3 Å². The number of nitrogens with one attached hydrogen (secondary N) is 2. The van der Waals surface area contributed by atoms with Crippen LogP contribution in [0.2, 0.25) is 0 Å². The smallest absolute Gasteiger partial charge is 0.249 e. The van der Waals surface area contributed by atoms with Gasteiger partial charge in [0.05, 0.1) is 5.92 Å². The van der Waals surface area contributed by atoms with Gasteiger partial charge in [0, 0.05) is 18.3 Å². The second-order valence-electron chi connectivity index (χ2n) is 6.23. The molecular formula is C17H23N3O2. The minimum Gasteiger partial charge on any atom is -0.344 e. The third-order valence-corrected chi connectivity index (χ3v) is 4.57. The van der Waals surface area contributed by atoms with Crippen LogP contribution in [0.25, 0.3) is 0 Å². The Hall–Kier alpha value is -1.88. The number of anilines is 1. The Morgan fingerprint density at radius 3 is 2.77 bits per heavy atom. The number of benzene rings is 1. The highest BCUT2D eigenvalue weighted by Crippen LogP contribution is 2.26. The van der Waals surface area contributed by atoms with Crippen molar-refractivity contribution >= 4 is 17.5 Å². The average molecular weight is 301 g/mol. The van der Waals surface area contributed by atoms with Crippen LogP contribution in [0, 0.1) is 5.92 Å². The zero-order valence-corrected chi connectivity index (χ0v) is 12.9. The maximum atomic E-state index is 12.6. The van der Waals surface area contributed by atoms with Crippen molar-refractivity contribution in [3.63, 3.8) is 0 Å². The molecule has 2 amide bonds. The molecule has 118 valence electrons. The lowest BCUT2D eigenvalue weighted by Crippen LogP contribution is -2.47. The summed E-state index contributed by atoms with van der Waals surface area (Å²) in [6.07, 6.45) is 2.58. The van der Waals surface area contributed by atoms with Crippen LogP contribution in [0.5, 0.6) is 0 Å². The quantitative estimate of drug-likeness (QED) is 0.884. The van der Waals surface area contributed by atoms with Gasteiger partial charge in [-0.05, 0) is 44.9 Å². The van der Waals surface area contributed by atoms with Crippen LogP contribution in [0.1, 0.15) is 26.2 Å². The van der Waals surface area contributed by atoms with E-state index in [4.69, 9.17) is 0 Å². The minimum atomic E-state index is -0.398. The summed E-state index contributed by atoms with van der Waals surface area (Å²) in [7, 11) is 0. The van der Waals surface area contributed by atoms with E-state index in [1.165, 1.54) is 0 Å². The van der Waals surface area contributed by atoms with Gasteiger partial charge >= 0.3 is 0 Å². The Morgan fingerprint density at radius 1 is 1.32 bits per heavy atom. The Balaban J connectivity index is 1.66. The van der Waals surface area contributed by atoms with E-state index >= 15 is 0 Å². The van der Waals surface area contributed by atoms with Crippen molar-refractivity contribution in [2.45, 2.75) is 38.3 Å². The van der Waals surface area contributed by atoms with Gasteiger partial charge in [0.1, 0.15) is 6.04 Å². The molecule has 2 heterocycles. The van der Waals surface area contributed by atoms with Crippen molar-refractivity contribution in [3.8, 4) is 0 Å². The molecule has 0 saturated carbocycles. The topological polar surface area (TPSA) is 61.4 Å². The number of hydrogen-bond acceptors (Lipinski definition) is 3. The second-order valence-corrected chi connectivity index (χ2v) is 6.23. The zero-order chi connectivity index (χ0) is 15.5. The zero-order valence-electron chi connectivity index (χ0n) is 12.9. The molecular weight excluding hydrogens is 278 g/mol. The number of para-hydroxylation sites is 1. The van der Waals surface area contributed by atoms with E-state index in [1.54, 1.807) is 4.90 Å². The Morgan fingerprint density at radius 2 is 2.09 bits per heavy atom. The van der Waals surface area contributed by atoms with Crippen LogP contribution in [-0.4, -0.2) is 37.0 Å². The fourth-order valence-electron chi connectivity index (χ4n) is 3.39. The molecule has 1 aromatic carbocycles. The highest BCUT2D eigenvalue weighted by atomic mass is 16.2. The molecule has 0 aromatic heterocycles. The summed E-state index contributed by atoms with van der Waals surface area (Å²) >= 11 is 0. The number of hydrogen-bond donors (Lipinski definition) is 2. The van der Waals surface area contributed by atoms with Crippen LogP contribution >= 0.6 is 0 Å². The summed E-state index contributed by atoms with van der Waals surface area (Å²) in [4.78, 5) is 26.8. The molecule has 5 heteroatoms. The summed E-state index contributed by atoms with van der Waals surface area (Å²) < 4.78 is 0. The average Bonchev–Trinajstić information content (AvgIpc) is 2.83. The highest BCUT2D eigenvalue weighted by Gasteiger charge is 2.39. The highest BCUT2D eigenvalue weighted by molar-refractivity contribution is 6.02. The maximum absolute atomic E-state index is 12.6. The van der Waals surface area contributed by atoms with Crippen molar-refractivity contribution in [1.29, 1.82) is 0 Å². The predicted octanol–water partition coefficient (Wildman–Crippen LogP) is 1.30. The van der Waals surface area contributed by atoms with E-state index in [2.05, 4.69) is 10.6 Å². The fourth-order valence-corrected chi connectivity index (χ4v) is 3.39. The molecule has 0 bridgehead atoms. The Kier molecular flexibility index (Phi) is 4.43. The van der Waals surface area contributed by atoms with E-state index in [0.29, 0.717) is 13.0 Å². The van der Waals surface area contributed by atoms with Crippen molar-refractivity contribution in [2.75, 3.05) is 18.0 Å². The van der Waals surface area contributed by atoms with E-state index < -0.39 is 6.04 Å². The van der Waals surface area contributed by atoms with Crippen molar-refractivity contribution in [1.82, 2.24) is 10.6 Å². The molecule has 2 N–H and O–H groups in total. The Labute approximate surface area is 131 Å². The first kappa shape index (κ1) is 15.0. The molecule has 3 unspecified atom stereocenters. The molecule has 5 nitrogen and oxygen atoms in total. The van der Waals surface area contributed by atoms with Crippen molar-refractivity contribution in [3.05, 3.63) is 30.3 Å². The predicted molar refractivity (Wildman–Crippen MR) is 85.5 cm³/mol. The molecule has 22 heavy (non-hydrogen) atoms. The van der Waals surface area contributed by atoms with Crippen LogP contribution in [0.4, 0.5) is 5.69 Å². The molecule has 2 aliphatic heterocycles. The first-order valence-electron chi connectivity index (χ1n) is 8.06. The molecule has 1 aromatic rings. The van der Waals surface area contributed by atoms with Gasteiger partial charge < -0.3 is 15.5 Å². The van der Waals surface area contributed by atoms with Gasteiger partial charge in [0.15, 0.2) is 0 Å². The molecule has 0 aliphatic carbocycles. The molecule has 0 spiro atoms. The maximum Gasteiger partial charge on any atom is 0.249 e. The van der Waals surface area contributed by atoms with E-state index in [-0.39, 0.29) is 23.8 Å². The summed E-state index contributed by atoms with van der Waals surface area (Å²) in [5.41, 5.74) is 0.899. The molecule has 2 aliphatic rings. The standard InChI is InChI=1S/C17H23N3O2/c1-12-10-15(19-16(21)13-6-5-9-18-11-13)17(22)20(12)14-7-3-2-4-8-14/h2-4,7-8,12-13,15,18H,5-6,9-11H2,1H3,(H,19,21). The first-order valence-corrected chi connectivity index (χ1v) is 8.06. The fraction of sp³-hybridized carbons (Fsp3) is 0.529. The molecule has 2 fully saturated rings. The lowest BCUT2D eigenvalue weighted by atomic mass is 9.98. The summed E-state index contributed by atoms with van der Waals surface area (Å²) in [5.74, 6) is -0.00823. The van der Waals surface area contributed by atoms with E-state index in [9.17, 15) is 9.59 Å². The van der Waals surface area contributed by atoms with Crippen molar-refractivity contribution in [2.24, 2.45) is 5.92 Å². The number of carbonyl (C=O) groups excluding carboxylic acids is 2. The van der Waals surface area contributed by atoms with Crippen LogP contribution in [0.3, 0.4) is 0 Å². The molecule has 3 rings (SSSR count). The lowest BCUT2D eigenvalue weighted by Gasteiger charge is -2.24. The molecule has 0 radical (unpaired) electrons. The van der Waals surface area contributed by atoms with Crippen LogP contribution < -0.4 is 15.5 Å². The summed E-state index contributed by atoms with van der Waals surface area (Å²) in [5, 5.41) is 6.20. The number of piperidine rings is 1. The number of carbonyl (C=O) groups is 2. The van der Waals surface area contributed by atoms with E-state index in [0.717, 1.165) is 25.1 Å². The number of nitrogens with zero attached hydrogens (tertiary/aromatic N) is 1. The minimum absolute atomic E-state index is 0.00387. The van der Waals surface area contributed by atoms with Gasteiger partial charge in [0.2, 0.25) is 11.8 Å². The van der Waals surface area contributed by atoms with Gasteiger partial charge in [-0.2, -0.15) is 0 Å². The molecule has 3 atom stereocenters. The second kappa shape index (κ2) is 6.48. The lowest BCUT2D eigenvalue weighted by molar-refractivity contribution is -0.129.